The Hall–Kier alpha value is -0.560. The van der Waals surface area contributed by atoms with E-state index in [2.05, 4.69) is 9.97 Å². The molecule has 2 aromatic rings. The quantitative estimate of drug-likeness (QED) is 0.751. The van der Waals surface area contributed by atoms with Gasteiger partial charge in [-0.05, 0) is 0 Å². The maximum atomic E-state index is 11.6. The number of imidazole rings is 1. The van der Waals surface area contributed by atoms with E-state index in [4.69, 9.17) is 23.2 Å². The maximum Gasteiger partial charge on any atom is 0.298 e. The van der Waals surface area contributed by atoms with Crippen LogP contribution in [0, 0.1) is 0 Å². The lowest BCUT2D eigenvalue weighted by Gasteiger charge is -1.95. The zero-order chi connectivity index (χ0) is 10.8. The van der Waals surface area contributed by atoms with Crippen LogP contribution in [-0.2, 0) is 0 Å². The molecule has 78 valence electrons. The minimum absolute atomic E-state index is 0.199. The van der Waals surface area contributed by atoms with Gasteiger partial charge in [0.25, 0.3) is 5.24 Å². The van der Waals surface area contributed by atoms with Crippen LogP contribution >= 0.6 is 46.3 Å². The molecule has 0 N–H and O–H groups in total. The summed E-state index contributed by atoms with van der Waals surface area (Å²) < 4.78 is 2.26. The van der Waals surface area contributed by atoms with Crippen LogP contribution in [0.4, 0.5) is 4.79 Å². The molecular weight excluding hydrogens is 277 g/mol. The SMILES string of the molecule is O=C(Sc1nc(Cl)c(Cl)s1)n1ccnc1. The third kappa shape index (κ3) is 2.52. The first kappa shape index (κ1) is 10.9. The summed E-state index contributed by atoms with van der Waals surface area (Å²) in [6.07, 6.45) is 4.51. The summed E-state index contributed by atoms with van der Waals surface area (Å²) in [6, 6.07) is 0. The maximum absolute atomic E-state index is 11.6. The monoisotopic (exact) mass is 279 g/mol. The molecule has 8 heteroatoms. The molecule has 0 saturated heterocycles. The highest BCUT2D eigenvalue weighted by atomic mass is 35.5. The molecule has 2 rings (SSSR count). The van der Waals surface area contributed by atoms with Gasteiger partial charge < -0.3 is 0 Å². The summed E-state index contributed by atoms with van der Waals surface area (Å²) in [4.78, 5) is 19.2. The van der Waals surface area contributed by atoms with Crippen LogP contribution in [0.15, 0.2) is 23.1 Å². The van der Waals surface area contributed by atoms with Gasteiger partial charge in [-0.25, -0.2) is 9.97 Å². The van der Waals surface area contributed by atoms with Gasteiger partial charge in [-0.3, -0.25) is 9.36 Å². The molecule has 0 radical (unpaired) electrons. The lowest BCUT2D eigenvalue weighted by Crippen LogP contribution is -2.00. The highest BCUT2D eigenvalue weighted by Gasteiger charge is 2.13. The Bertz CT molecular complexity index is 463. The molecular formula is C7H3Cl2N3OS2. The highest BCUT2D eigenvalue weighted by molar-refractivity contribution is 8.14. The molecule has 2 aromatic heterocycles. The number of thiazole rings is 1. The molecule has 0 saturated carbocycles. The zero-order valence-corrected chi connectivity index (χ0v) is 10.2. The van der Waals surface area contributed by atoms with Gasteiger partial charge in [-0.1, -0.05) is 34.5 Å². The number of carbonyl (C=O) groups is 1. The Balaban J connectivity index is 2.13. The number of carbonyl (C=O) groups excluding carboxylic acids is 1. The number of rotatable bonds is 1. The molecule has 0 spiro atoms. The van der Waals surface area contributed by atoms with Gasteiger partial charge in [0, 0.05) is 24.2 Å². The summed E-state index contributed by atoms with van der Waals surface area (Å²) in [6.45, 7) is 0. The van der Waals surface area contributed by atoms with Crippen LogP contribution in [0.5, 0.6) is 0 Å². The van der Waals surface area contributed by atoms with Crippen molar-refractivity contribution in [2.45, 2.75) is 4.34 Å². The average Bonchev–Trinajstić information content (AvgIpc) is 2.77. The van der Waals surface area contributed by atoms with Gasteiger partial charge in [0.05, 0.1) is 0 Å². The summed E-state index contributed by atoms with van der Waals surface area (Å²) in [5, 5.41) is 0.0252. The van der Waals surface area contributed by atoms with Crippen molar-refractivity contribution in [2.24, 2.45) is 0 Å². The third-order valence-corrected chi connectivity index (χ3v) is 4.10. The van der Waals surface area contributed by atoms with Crippen LogP contribution in [0.2, 0.25) is 9.49 Å². The standard InChI is InChI=1S/C7H3Cl2N3OS2/c8-4-5(9)14-6(11-4)15-7(13)12-2-1-10-3-12/h1-3H. The van der Waals surface area contributed by atoms with Crippen LogP contribution in [0.25, 0.3) is 0 Å². The summed E-state index contributed by atoms with van der Waals surface area (Å²) in [7, 11) is 0. The van der Waals surface area contributed by atoms with Crippen molar-refractivity contribution in [1.29, 1.82) is 0 Å². The number of halogens is 2. The first-order valence-electron chi connectivity index (χ1n) is 3.69. The zero-order valence-electron chi connectivity index (χ0n) is 7.05. The molecule has 0 bridgehead atoms. The fourth-order valence-corrected chi connectivity index (χ4v) is 3.05. The first-order chi connectivity index (χ1) is 7.16. The first-order valence-corrected chi connectivity index (χ1v) is 6.07. The number of hydrogen-bond donors (Lipinski definition) is 0. The van der Waals surface area contributed by atoms with Crippen molar-refractivity contribution in [1.82, 2.24) is 14.5 Å². The number of nitrogens with zero attached hydrogens (tertiary/aromatic N) is 3. The van der Waals surface area contributed by atoms with E-state index in [0.717, 1.165) is 11.8 Å². The summed E-state index contributed by atoms with van der Waals surface area (Å²) in [5.74, 6) is 0. The van der Waals surface area contributed by atoms with Crippen LogP contribution in [-0.4, -0.2) is 19.8 Å². The van der Waals surface area contributed by atoms with Crippen molar-refractivity contribution in [2.75, 3.05) is 0 Å². The van der Waals surface area contributed by atoms with E-state index in [9.17, 15) is 4.79 Å². The lowest BCUT2D eigenvalue weighted by molar-refractivity contribution is 0.262. The second-order valence-electron chi connectivity index (χ2n) is 2.38. The highest BCUT2D eigenvalue weighted by Crippen LogP contribution is 2.34. The normalized spacial score (nSPS) is 10.5. The molecule has 0 fully saturated rings. The third-order valence-electron chi connectivity index (χ3n) is 1.42. The molecule has 15 heavy (non-hydrogen) atoms. The molecule has 0 aromatic carbocycles. The van der Waals surface area contributed by atoms with Crippen molar-refractivity contribution < 1.29 is 4.79 Å². The van der Waals surface area contributed by atoms with Crippen LogP contribution in [0.1, 0.15) is 0 Å². The Kier molecular flexibility index (Phi) is 3.30. The van der Waals surface area contributed by atoms with Gasteiger partial charge in [-0.2, -0.15) is 0 Å². The minimum atomic E-state index is -0.199. The molecule has 2 heterocycles. The Labute approximate surface area is 103 Å². The van der Waals surface area contributed by atoms with E-state index >= 15 is 0 Å². The molecule has 0 atom stereocenters. The van der Waals surface area contributed by atoms with E-state index in [1.54, 1.807) is 6.20 Å². The molecule has 4 nitrogen and oxygen atoms in total. The fourth-order valence-electron chi connectivity index (χ4n) is 0.804. The van der Waals surface area contributed by atoms with Gasteiger partial charge in [0.15, 0.2) is 9.49 Å². The number of hydrogen-bond acceptors (Lipinski definition) is 5. The summed E-state index contributed by atoms with van der Waals surface area (Å²) in [5.41, 5.74) is 0. The molecule has 0 aliphatic carbocycles. The molecule has 0 unspecified atom stereocenters. The second kappa shape index (κ2) is 4.52. The van der Waals surface area contributed by atoms with Crippen molar-refractivity contribution >= 4 is 51.5 Å². The van der Waals surface area contributed by atoms with E-state index in [-0.39, 0.29) is 10.4 Å². The largest absolute Gasteiger partial charge is 0.298 e. The van der Waals surface area contributed by atoms with Gasteiger partial charge in [-0.15, -0.1) is 0 Å². The molecule has 0 amide bonds. The van der Waals surface area contributed by atoms with Gasteiger partial charge >= 0.3 is 0 Å². The van der Waals surface area contributed by atoms with Gasteiger partial charge in [0.2, 0.25) is 0 Å². The molecule has 0 aliphatic heterocycles. The van der Waals surface area contributed by atoms with E-state index in [1.807, 2.05) is 0 Å². The van der Waals surface area contributed by atoms with E-state index in [0.29, 0.717) is 8.68 Å². The fraction of sp³-hybridized carbons (Fsp3) is 0. The number of thioether (sulfide) groups is 1. The predicted molar refractivity (Wildman–Crippen MR) is 61.0 cm³/mol. The van der Waals surface area contributed by atoms with Crippen LogP contribution < -0.4 is 0 Å². The van der Waals surface area contributed by atoms with Crippen molar-refractivity contribution in [3.8, 4) is 0 Å². The smallest absolute Gasteiger partial charge is 0.267 e. The summed E-state index contributed by atoms with van der Waals surface area (Å²) >= 11 is 13.5. The predicted octanol–water partition coefficient (Wildman–Crippen LogP) is 3.41. The topological polar surface area (TPSA) is 47.8 Å². The average molecular weight is 280 g/mol. The Morgan fingerprint density at radius 2 is 2.33 bits per heavy atom. The minimum Gasteiger partial charge on any atom is -0.267 e. The van der Waals surface area contributed by atoms with Crippen molar-refractivity contribution in [3.05, 3.63) is 28.2 Å². The Morgan fingerprint density at radius 3 is 2.87 bits per heavy atom. The lowest BCUT2D eigenvalue weighted by atomic mass is 10.9. The number of aromatic nitrogens is 3. The van der Waals surface area contributed by atoms with E-state index < -0.39 is 0 Å². The van der Waals surface area contributed by atoms with E-state index in [1.165, 1.54) is 28.4 Å². The second-order valence-corrected chi connectivity index (χ2v) is 5.54. The van der Waals surface area contributed by atoms with Crippen molar-refractivity contribution in [3.63, 3.8) is 0 Å². The molecule has 0 aliphatic rings. The Morgan fingerprint density at radius 1 is 1.53 bits per heavy atom. The van der Waals surface area contributed by atoms with Crippen LogP contribution in [0.3, 0.4) is 0 Å². The van der Waals surface area contributed by atoms with Gasteiger partial charge in [0.1, 0.15) is 10.7 Å².